The van der Waals surface area contributed by atoms with E-state index in [1.807, 2.05) is 48.7 Å². The summed E-state index contributed by atoms with van der Waals surface area (Å²) in [6, 6.07) is 23.9. The topological polar surface area (TPSA) is 71.4 Å². The van der Waals surface area contributed by atoms with Gasteiger partial charge in [0.1, 0.15) is 6.61 Å². The number of aromatic nitrogens is 2. The molecule has 2 aromatic carbocycles. The summed E-state index contributed by atoms with van der Waals surface area (Å²) in [5.74, 6) is -0.202. The molecule has 0 spiro atoms. The number of rotatable bonds is 7. The van der Waals surface area contributed by atoms with E-state index in [0.717, 1.165) is 38.5 Å². The molecule has 5 rings (SSSR count). The van der Waals surface area contributed by atoms with Crippen molar-refractivity contribution < 1.29 is 9.53 Å². The number of nitrogens with zero attached hydrogens (tertiary/aromatic N) is 3. The Bertz CT molecular complexity index is 1460. The average molecular weight is 591 g/mol. The molecule has 4 aromatic rings. The first-order valence-electron chi connectivity index (χ1n) is 12.2. The molecular weight excluding hydrogens is 562 g/mol. The van der Waals surface area contributed by atoms with Gasteiger partial charge in [0.25, 0.3) is 0 Å². The van der Waals surface area contributed by atoms with Crippen molar-refractivity contribution in [2.45, 2.75) is 25.9 Å². The molecular formula is C29H28BrN5O2S. The van der Waals surface area contributed by atoms with Crippen LogP contribution in [-0.2, 0) is 9.53 Å². The summed E-state index contributed by atoms with van der Waals surface area (Å²) in [4.78, 5) is 18.8. The standard InChI is InChI=1S/C29H28BrN5O2S/c1-18-16-24(19(2)34(18)22-11-7-20(30)8-12-22)28-27(25-6-4-5-15-31-25)33-29(38)35(28)23-13-9-21(10-14-23)32-26(36)17-37-3/h4-16,27-28H,17H2,1-3H3,(H,32,36)(H,33,38)/t27-,28+/m1/s1. The van der Waals surface area contributed by atoms with Gasteiger partial charge in [0.15, 0.2) is 5.11 Å². The van der Waals surface area contributed by atoms with Crippen molar-refractivity contribution in [3.8, 4) is 5.69 Å². The zero-order chi connectivity index (χ0) is 26.8. The summed E-state index contributed by atoms with van der Waals surface area (Å²) in [5.41, 5.74) is 7.05. The number of carbonyl (C=O) groups excluding carboxylic acids is 1. The van der Waals surface area contributed by atoms with Crippen molar-refractivity contribution in [2.24, 2.45) is 0 Å². The molecule has 38 heavy (non-hydrogen) atoms. The van der Waals surface area contributed by atoms with Crippen LogP contribution in [0.1, 0.15) is 34.7 Å². The van der Waals surface area contributed by atoms with Gasteiger partial charge >= 0.3 is 0 Å². The lowest BCUT2D eigenvalue weighted by Crippen LogP contribution is -2.29. The lowest BCUT2D eigenvalue weighted by molar-refractivity contribution is -0.119. The highest BCUT2D eigenvalue weighted by molar-refractivity contribution is 9.10. The number of ether oxygens (including phenoxy) is 1. The van der Waals surface area contributed by atoms with Crippen molar-refractivity contribution in [1.29, 1.82) is 0 Å². The fourth-order valence-electron chi connectivity index (χ4n) is 5.06. The Kier molecular flexibility index (Phi) is 7.60. The molecule has 9 heteroatoms. The van der Waals surface area contributed by atoms with Crippen LogP contribution >= 0.6 is 28.1 Å². The molecule has 1 aliphatic heterocycles. The number of pyridine rings is 1. The predicted molar refractivity (Wildman–Crippen MR) is 158 cm³/mol. The zero-order valence-electron chi connectivity index (χ0n) is 21.3. The summed E-state index contributed by atoms with van der Waals surface area (Å²) in [5, 5.41) is 6.99. The van der Waals surface area contributed by atoms with E-state index in [1.165, 1.54) is 7.11 Å². The van der Waals surface area contributed by atoms with Gasteiger partial charge in [0.05, 0.1) is 17.8 Å². The lowest BCUT2D eigenvalue weighted by atomic mass is 9.96. The van der Waals surface area contributed by atoms with Crippen LogP contribution in [-0.4, -0.2) is 34.3 Å². The van der Waals surface area contributed by atoms with Crippen LogP contribution in [0.5, 0.6) is 0 Å². The fourth-order valence-corrected chi connectivity index (χ4v) is 5.67. The van der Waals surface area contributed by atoms with Crippen molar-refractivity contribution >= 4 is 50.5 Å². The highest BCUT2D eigenvalue weighted by atomic mass is 79.9. The summed E-state index contributed by atoms with van der Waals surface area (Å²) in [7, 11) is 1.50. The van der Waals surface area contributed by atoms with E-state index in [-0.39, 0.29) is 24.6 Å². The van der Waals surface area contributed by atoms with Crippen molar-refractivity contribution in [2.75, 3.05) is 23.9 Å². The normalized spacial score (nSPS) is 16.9. The third-order valence-corrected chi connectivity index (χ3v) is 7.52. The number of thiocarbonyl (C=S) groups is 1. The fraction of sp³-hybridized carbons (Fsp3) is 0.207. The molecule has 0 bridgehead atoms. The Labute approximate surface area is 236 Å². The van der Waals surface area contributed by atoms with Crippen LogP contribution in [0, 0.1) is 13.8 Å². The van der Waals surface area contributed by atoms with Gasteiger partial charge in [0.2, 0.25) is 5.91 Å². The molecule has 1 aliphatic rings. The van der Waals surface area contributed by atoms with Gasteiger partial charge in [-0.25, -0.2) is 0 Å². The van der Waals surface area contributed by atoms with Gasteiger partial charge in [-0.3, -0.25) is 9.78 Å². The quantitative estimate of drug-likeness (QED) is 0.257. The number of benzene rings is 2. The van der Waals surface area contributed by atoms with Gasteiger partial charge < -0.3 is 24.8 Å². The molecule has 2 N–H and O–H groups in total. The SMILES string of the molecule is COCC(=O)Nc1ccc(N2C(=S)N[C@H](c3ccccn3)[C@@H]2c2cc(C)n(-c3ccc(Br)cc3)c2C)cc1. The maximum absolute atomic E-state index is 12.0. The maximum atomic E-state index is 12.0. The largest absolute Gasteiger partial charge is 0.375 e. The maximum Gasteiger partial charge on any atom is 0.250 e. The van der Waals surface area contributed by atoms with Crippen molar-refractivity contribution in [3.63, 3.8) is 0 Å². The molecule has 0 radical (unpaired) electrons. The van der Waals surface area contributed by atoms with E-state index in [0.29, 0.717) is 10.8 Å². The van der Waals surface area contributed by atoms with Crippen LogP contribution in [0.2, 0.25) is 0 Å². The second-order valence-electron chi connectivity index (χ2n) is 9.16. The number of hydrogen-bond donors (Lipinski definition) is 2. The first-order valence-corrected chi connectivity index (χ1v) is 13.4. The number of hydrogen-bond acceptors (Lipinski definition) is 4. The summed E-state index contributed by atoms with van der Waals surface area (Å²) in [6.07, 6.45) is 1.81. The van der Waals surface area contributed by atoms with Crippen LogP contribution in [0.3, 0.4) is 0 Å². The van der Waals surface area contributed by atoms with Crippen molar-refractivity contribution in [3.05, 3.63) is 106 Å². The predicted octanol–water partition coefficient (Wildman–Crippen LogP) is 6.01. The minimum absolute atomic E-state index is 0.00367. The van der Waals surface area contributed by atoms with E-state index in [4.69, 9.17) is 17.0 Å². The van der Waals surface area contributed by atoms with E-state index in [9.17, 15) is 4.79 Å². The Morgan fingerprint density at radius 3 is 2.45 bits per heavy atom. The molecule has 7 nitrogen and oxygen atoms in total. The molecule has 1 amide bonds. The van der Waals surface area contributed by atoms with Crippen LogP contribution < -0.4 is 15.5 Å². The molecule has 3 heterocycles. The monoisotopic (exact) mass is 589 g/mol. The third kappa shape index (κ3) is 5.09. The summed E-state index contributed by atoms with van der Waals surface area (Å²) >= 11 is 9.43. The Morgan fingerprint density at radius 1 is 1.08 bits per heavy atom. The molecule has 2 aromatic heterocycles. The molecule has 0 aliphatic carbocycles. The minimum Gasteiger partial charge on any atom is -0.375 e. The Balaban J connectivity index is 1.57. The van der Waals surface area contributed by atoms with Gasteiger partial charge in [-0.2, -0.15) is 0 Å². The Morgan fingerprint density at radius 2 is 1.79 bits per heavy atom. The van der Waals surface area contributed by atoms with Gasteiger partial charge in [-0.1, -0.05) is 22.0 Å². The number of amides is 1. The van der Waals surface area contributed by atoms with E-state index < -0.39 is 0 Å². The number of anilines is 2. The highest BCUT2D eigenvalue weighted by Crippen LogP contribution is 2.44. The van der Waals surface area contributed by atoms with Crippen LogP contribution in [0.4, 0.5) is 11.4 Å². The van der Waals surface area contributed by atoms with Gasteiger partial charge in [-0.05, 0) is 98.4 Å². The molecule has 0 saturated carbocycles. The van der Waals surface area contributed by atoms with Gasteiger partial charge in [-0.15, -0.1) is 0 Å². The summed E-state index contributed by atoms with van der Waals surface area (Å²) < 4.78 is 8.22. The second kappa shape index (κ2) is 11.1. The molecule has 1 fully saturated rings. The minimum atomic E-state index is -0.202. The number of carbonyl (C=O) groups is 1. The second-order valence-corrected chi connectivity index (χ2v) is 10.5. The lowest BCUT2D eigenvalue weighted by Gasteiger charge is -2.28. The first-order chi connectivity index (χ1) is 18.4. The summed E-state index contributed by atoms with van der Waals surface area (Å²) in [6.45, 7) is 4.27. The Hall–Kier alpha value is -3.53. The number of halogens is 1. The number of aryl methyl sites for hydroxylation is 1. The smallest absolute Gasteiger partial charge is 0.250 e. The van der Waals surface area contributed by atoms with Gasteiger partial charge in [0, 0.05) is 46.2 Å². The number of nitrogens with one attached hydrogen (secondary N) is 2. The van der Waals surface area contributed by atoms with Crippen LogP contribution in [0.25, 0.3) is 5.69 Å². The first kappa shape index (κ1) is 26.1. The highest BCUT2D eigenvalue weighted by Gasteiger charge is 2.42. The van der Waals surface area contributed by atoms with Crippen molar-refractivity contribution in [1.82, 2.24) is 14.9 Å². The third-order valence-electron chi connectivity index (χ3n) is 6.68. The van der Waals surface area contributed by atoms with Crippen LogP contribution in [0.15, 0.2) is 83.5 Å². The van der Waals surface area contributed by atoms with E-state index in [1.54, 1.807) is 0 Å². The van der Waals surface area contributed by atoms with E-state index in [2.05, 4.69) is 85.2 Å². The molecule has 0 unspecified atom stereocenters. The molecule has 194 valence electrons. The average Bonchev–Trinajstić information content (AvgIpc) is 3.41. The number of methoxy groups -OCH3 is 1. The molecule has 2 atom stereocenters. The molecule has 1 saturated heterocycles. The van der Waals surface area contributed by atoms with E-state index >= 15 is 0 Å². The zero-order valence-corrected chi connectivity index (χ0v) is 23.7.